The number of rotatable bonds is 30. The molecule has 15 saturated carbocycles. The summed E-state index contributed by atoms with van der Waals surface area (Å²) in [6, 6.07) is 0. The van der Waals surface area contributed by atoms with Crippen molar-refractivity contribution in [3.8, 4) is 0 Å². The molecular formula is C125H240. The highest BCUT2D eigenvalue weighted by Crippen LogP contribution is 2.50. The van der Waals surface area contributed by atoms with Crippen LogP contribution in [0.2, 0.25) is 0 Å². The fourth-order valence-corrected chi connectivity index (χ4v) is 29.7. The third kappa shape index (κ3) is 37.0. The van der Waals surface area contributed by atoms with E-state index in [9.17, 15) is 0 Å². The van der Waals surface area contributed by atoms with Gasteiger partial charge in [-0.3, -0.25) is 0 Å². The van der Waals surface area contributed by atoms with E-state index in [1.807, 2.05) is 0 Å². The molecule has 15 fully saturated rings. The highest BCUT2D eigenvalue weighted by atomic mass is 14.4. The molecule has 0 radical (unpaired) electrons. The summed E-state index contributed by atoms with van der Waals surface area (Å²) in [5.74, 6) is 28.7. The van der Waals surface area contributed by atoms with E-state index in [-0.39, 0.29) is 21.4 Å². The van der Waals surface area contributed by atoms with E-state index >= 15 is 0 Å². The summed E-state index contributed by atoms with van der Waals surface area (Å²) in [6.45, 7) is 31.7. The van der Waals surface area contributed by atoms with Gasteiger partial charge in [0.05, 0.1) is 0 Å². The van der Waals surface area contributed by atoms with Gasteiger partial charge in [-0.25, -0.2) is 0 Å². The summed E-state index contributed by atoms with van der Waals surface area (Å²) >= 11 is 0. The van der Waals surface area contributed by atoms with E-state index in [0.717, 1.165) is 178 Å². The minimum absolute atomic E-state index is 0. The molecule has 0 N–H and O–H groups in total. The lowest BCUT2D eigenvalue weighted by Gasteiger charge is -2.37. The van der Waals surface area contributed by atoms with E-state index in [2.05, 4.69) is 159 Å². The molecule has 0 heteroatoms. The third-order valence-electron chi connectivity index (χ3n) is 39.5. The second-order valence-corrected chi connectivity index (χ2v) is 47.8. The van der Waals surface area contributed by atoms with Crippen LogP contribution in [-0.4, -0.2) is 0 Å². The Hall–Kier alpha value is -2.60. The van der Waals surface area contributed by atoms with E-state index in [1.165, 1.54) is 398 Å². The predicted molar refractivity (Wildman–Crippen MR) is 585 cm³/mol. The molecule has 0 atom stereocenters. The van der Waals surface area contributed by atoms with Crippen LogP contribution in [0.15, 0.2) is 124 Å². The summed E-state index contributed by atoms with van der Waals surface area (Å²) in [4.78, 5) is 0. The molecule has 0 heterocycles. The summed E-state index contributed by atoms with van der Waals surface area (Å²) in [6.07, 6.45) is 140. The zero-order valence-electron chi connectivity index (χ0n) is 84.0. The lowest BCUT2D eigenvalue weighted by atomic mass is 9.68. The van der Waals surface area contributed by atoms with Crippen LogP contribution in [0.5, 0.6) is 0 Å². The maximum Gasteiger partial charge on any atom is 0 e. The number of unbranched alkanes of at least 4 members (excludes halogenated alkanes) is 3. The zero-order valence-corrected chi connectivity index (χ0v) is 84.0. The molecule has 15 aliphatic rings. The van der Waals surface area contributed by atoms with Gasteiger partial charge in [-0.05, 0) is 499 Å². The van der Waals surface area contributed by atoms with Gasteiger partial charge in [-0.1, -0.05) is 254 Å². The fraction of sp³-hybridized carbons (Fsp3) is 0.840. The standard InChI is InChI=1S/C27H46.C26H44.C25H42.C24H40.C23H38.15H2/c1-3-5-6-7-23-14-18-26(19-15-23)27-20-16-25(17-21-27)13-12-24-10-8-22(4-2)9-11-24;1-3-5-6-22-13-17-25(18-14-22)26-19-15-24(16-20-26)12-11-23-9-7-21(4-2)8-10-23;1-3-5-21-12-16-24(17-13-21)25-18-14-23(15-19-25)11-10-22-8-6-20(4-2)7-9-22;1-3-19-5-7-21(8-6-19)9-10-22-13-17-24(18-14-22)23-15-11-20(4-2)12-16-23;1-3-19-6-8-20(9-7-19)10-11-21-12-16-23(17-13-21)22-14-4-18(2)5-15-22;;;;;;;;;;;;;;;/h4,12-13,22-27H,2-3,5-11,14-21H2,1H3;4,11-12,21-26H,2-3,5-10,13-20H2,1H3;4,10-11,20-25H,2-3,5-9,12-19H2,1H3;3,9-10,19-24H,1,4-8,11-18H2,2H3;3,10-11,18-23H,1,4-9,12-17H2,2H3;15*1H/b13-12+;12-11+;11-10+;10-9+;11-10+;;;;;;;;;;;;;;;. The monoisotopic (exact) mass is 1740 g/mol. The van der Waals surface area contributed by atoms with Gasteiger partial charge in [0.25, 0.3) is 0 Å². The second-order valence-electron chi connectivity index (χ2n) is 47.8. The molecule has 0 amide bonds. The quantitative estimate of drug-likeness (QED) is 0.0497. The van der Waals surface area contributed by atoms with Gasteiger partial charge in [-0.2, -0.15) is 0 Å². The van der Waals surface area contributed by atoms with Crippen LogP contribution in [0.25, 0.3) is 0 Å². The topological polar surface area (TPSA) is 0 Å². The molecule has 0 saturated heterocycles. The number of hydrogen-bond donors (Lipinski definition) is 0. The van der Waals surface area contributed by atoms with Crippen molar-refractivity contribution in [1.29, 1.82) is 0 Å². The summed E-state index contributed by atoms with van der Waals surface area (Å²) in [7, 11) is 0. The predicted octanol–water partition coefficient (Wildman–Crippen LogP) is 43.4. The molecule has 0 bridgehead atoms. The SMILES string of the molecule is C=CC1CCC(/C=C/C2CCC(C3CCC(C)CC3)CC2)CC1.C=CC1CCC(/C=C/C2CCC(C3CCC(CC)CC3)CC2)CC1.C=CC1CCC(/C=C/C2CCC(C3CCC(CCC)CC3)CC2)CC1.C=CC1CCC(/C=C/C2CCC(C3CCC(CCCC)CC3)CC2)CC1.C=CC1CCC(/C=C/C2CCC(C3CCC(CCCCC)CC3)CC2)CC1.[HH].[HH].[HH].[HH].[HH].[HH].[HH].[HH].[HH].[HH].[HH].[HH].[HH].[HH].[HH]. The Balaban J connectivity index is -0.000000529. The van der Waals surface area contributed by atoms with Gasteiger partial charge < -0.3 is 0 Å². The Morgan fingerprint density at radius 1 is 0.168 bits per heavy atom. The molecule has 740 valence electrons. The third-order valence-corrected chi connectivity index (χ3v) is 39.5. The van der Waals surface area contributed by atoms with Gasteiger partial charge in [0, 0.05) is 21.4 Å². The zero-order chi connectivity index (χ0) is 87.4. The molecular weight excluding hydrogens is 1500 g/mol. The fourth-order valence-electron chi connectivity index (χ4n) is 29.7. The Bertz CT molecular complexity index is 2980. The van der Waals surface area contributed by atoms with E-state index in [1.54, 1.807) is 51.4 Å². The maximum absolute atomic E-state index is 3.98. The minimum Gasteiger partial charge on any atom is -0.103 e. The van der Waals surface area contributed by atoms with Gasteiger partial charge in [0.15, 0.2) is 0 Å². The molecule has 15 aliphatic carbocycles. The molecule has 0 nitrogen and oxygen atoms in total. The first kappa shape index (κ1) is 103. The van der Waals surface area contributed by atoms with E-state index in [4.69, 9.17) is 0 Å². The molecule has 0 spiro atoms. The minimum atomic E-state index is 0. The molecule has 125 heavy (non-hydrogen) atoms. The van der Waals surface area contributed by atoms with Crippen molar-refractivity contribution in [2.24, 2.45) is 178 Å². The first-order valence-electron chi connectivity index (χ1n) is 57.9. The average Bonchev–Trinajstić information content (AvgIpc) is 0.863. The Morgan fingerprint density at radius 3 is 0.512 bits per heavy atom. The van der Waals surface area contributed by atoms with Crippen molar-refractivity contribution in [1.82, 2.24) is 0 Å². The first-order valence-corrected chi connectivity index (χ1v) is 57.9. The van der Waals surface area contributed by atoms with E-state index < -0.39 is 0 Å². The van der Waals surface area contributed by atoms with Crippen molar-refractivity contribution >= 4 is 0 Å². The Morgan fingerprint density at radius 2 is 0.328 bits per heavy atom. The summed E-state index contributed by atoms with van der Waals surface area (Å²) in [5.41, 5.74) is 0. The van der Waals surface area contributed by atoms with Crippen molar-refractivity contribution in [3.05, 3.63) is 124 Å². The highest BCUT2D eigenvalue weighted by Gasteiger charge is 2.37. The molecule has 0 aliphatic heterocycles. The van der Waals surface area contributed by atoms with Crippen molar-refractivity contribution in [2.75, 3.05) is 0 Å². The van der Waals surface area contributed by atoms with Gasteiger partial charge in [0.1, 0.15) is 0 Å². The Kier molecular flexibility index (Phi) is 48.7. The second kappa shape index (κ2) is 59.2. The van der Waals surface area contributed by atoms with Crippen LogP contribution < -0.4 is 0 Å². The number of hydrogen-bond acceptors (Lipinski definition) is 0. The lowest BCUT2D eigenvalue weighted by molar-refractivity contribution is 0.151. The maximum atomic E-state index is 3.98. The Labute approximate surface area is 802 Å². The largest absolute Gasteiger partial charge is 0.103 e. The van der Waals surface area contributed by atoms with Crippen LogP contribution in [0.4, 0.5) is 0 Å². The van der Waals surface area contributed by atoms with Crippen LogP contribution in [0.3, 0.4) is 0 Å². The van der Waals surface area contributed by atoms with Gasteiger partial charge in [0.2, 0.25) is 0 Å². The van der Waals surface area contributed by atoms with Crippen molar-refractivity contribution < 1.29 is 21.4 Å². The van der Waals surface area contributed by atoms with Crippen LogP contribution in [0.1, 0.15) is 505 Å². The van der Waals surface area contributed by atoms with Gasteiger partial charge >= 0.3 is 0 Å². The van der Waals surface area contributed by atoms with Crippen molar-refractivity contribution in [2.45, 2.75) is 484 Å². The van der Waals surface area contributed by atoms with E-state index in [0.29, 0.717) is 0 Å². The molecule has 0 unspecified atom stereocenters. The summed E-state index contributed by atoms with van der Waals surface area (Å²) < 4.78 is 0. The molecule has 0 aromatic carbocycles. The van der Waals surface area contributed by atoms with Gasteiger partial charge in [-0.15, -0.1) is 32.9 Å². The highest BCUT2D eigenvalue weighted by molar-refractivity contribution is 5.05. The normalized spacial score (nSPS) is 40.2. The van der Waals surface area contributed by atoms with Crippen LogP contribution >= 0.6 is 0 Å². The lowest BCUT2D eigenvalue weighted by Crippen LogP contribution is -2.25. The van der Waals surface area contributed by atoms with Crippen LogP contribution in [0, 0.1) is 178 Å². The first-order chi connectivity index (χ1) is 61.4. The number of allylic oxidation sites excluding steroid dienone is 15. The molecule has 15 rings (SSSR count). The molecule has 0 aromatic heterocycles. The summed E-state index contributed by atoms with van der Waals surface area (Å²) in [5, 5.41) is 0. The smallest absolute Gasteiger partial charge is 0 e. The average molecular weight is 1740 g/mol. The van der Waals surface area contributed by atoms with Crippen molar-refractivity contribution in [3.63, 3.8) is 0 Å². The molecule has 0 aromatic rings. The van der Waals surface area contributed by atoms with Crippen LogP contribution in [-0.2, 0) is 0 Å².